The molecule has 0 radical (unpaired) electrons. The predicted molar refractivity (Wildman–Crippen MR) is 67.9 cm³/mol. The van der Waals surface area contributed by atoms with E-state index in [1.807, 2.05) is 0 Å². The Balaban J connectivity index is 2.08. The minimum atomic E-state index is -1.29. The maximum absolute atomic E-state index is 13.6. The first-order valence-corrected chi connectivity index (χ1v) is 6.32. The second kappa shape index (κ2) is 4.86. The first-order valence-electron chi connectivity index (χ1n) is 5.91. The van der Waals surface area contributed by atoms with E-state index in [9.17, 15) is 14.6 Å². The Hall–Kier alpha value is -1.39. The Morgan fingerprint density at radius 1 is 1.45 bits per heavy atom. The van der Waals surface area contributed by atoms with E-state index in [1.54, 1.807) is 0 Å². The number of halogens is 1. The monoisotopic (exact) mass is 301 g/mol. The second-order valence-corrected chi connectivity index (χ2v) is 4.92. The molecule has 9 heteroatoms. The summed E-state index contributed by atoms with van der Waals surface area (Å²) in [6, 6.07) is 0. The van der Waals surface area contributed by atoms with Crippen molar-refractivity contribution >= 4 is 23.3 Å². The normalized spacial score (nSPS) is 30.2. The largest absolute Gasteiger partial charge is 0.394 e. The number of H-pyrrole nitrogens is 1. The third kappa shape index (κ3) is 1.95. The van der Waals surface area contributed by atoms with Gasteiger partial charge in [-0.15, -0.1) is 0 Å². The Bertz CT molecular complexity index is 703. The van der Waals surface area contributed by atoms with Crippen LogP contribution < -0.4 is 0 Å². The molecule has 1 aliphatic rings. The number of nitrogens with one attached hydrogen (secondary N) is 1. The van der Waals surface area contributed by atoms with Crippen LogP contribution in [-0.4, -0.2) is 54.8 Å². The Morgan fingerprint density at radius 2 is 2.20 bits per heavy atom. The van der Waals surface area contributed by atoms with Crippen molar-refractivity contribution in [1.82, 2.24) is 14.5 Å². The van der Waals surface area contributed by atoms with Crippen molar-refractivity contribution in [2.45, 2.75) is 24.5 Å². The van der Waals surface area contributed by atoms with E-state index in [0.717, 1.165) is 6.20 Å². The maximum atomic E-state index is 13.6. The molecular formula is C11H12FN3O4S. The van der Waals surface area contributed by atoms with Gasteiger partial charge in [0.15, 0.2) is 12.0 Å². The van der Waals surface area contributed by atoms with Crippen LogP contribution in [0.1, 0.15) is 6.23 Å². The van der Waals surface area contributed by atoms with Gasteiger partial charge in [-0.2, -0.15) is 0 Å². The minimum absolute atomic E-state index is 0.0641. The lowest BCUT2D eigenvalue weighted by atomic mass is 10.1. The fourth-order valence-corrected chi connectivity index (χ4v) is 2.50. The van der Waals surface area contributed by atoms with Gasteiger partial charge < -0.3 is 25.0 Å². The van der Waals surface area contributed by atoms with Gasteiger partial charge >= 0.3 is 0 Å². The molecule has 3 heterocycles. The van der Waals surface area contributed by atoms with Gasteiger partial charge in [-0.3, -0.25) is 4.57 Å². The summed E-state index contributed by atoms with van der Waals surface area (Å²) in [6.45, 7) is -0.448. The summed E-state index contributed by atoms with van der Waals surface area (Å²) in [5.41, 5.74) is 0.287. The third-order valence-electron chi connectivity index (χ3n) is 3.34. The highest BCUT2D eigenvalue weighted by molar-refractivity contribution is 7.71. The lowest BCUT2D eigenvalue weighted by Gasteiger charge is -2.18. The van der Waals surface area contributed by atoms with Crippen molar-refractivity contribution in [2.75, 3.05) is 6.61 Å². The zero-order chi connectivity index (χ0) is 14.4. The van der Waals surface area contributed by atoms with Crippen molar-refractivity contribution < 1.29 is 24.4 Å². The van der Waals surface area contributed by atoms with Gasteiger partial charge in [0.25, 0.3) is 0 Å². The summed E-state index contributed by atoms with van der Waals surface area (Å²) in [5, 5.41) is 28.9. The molecule has 20 heavy (non-hydrogen) atoms. The predicted octanol–water partition coefficient (Wildman–Crippen LogP) is -0.156. The van der Waals surface area contributed by atoms with Crippen molar-refractivity contribution in [3.63, 3.8) is 0 Å². The standard InChI is InChI=1S/C11H12FN3O4S/c12-5-1-13-9-4(5)2-15(11(20)14-9)10-8(18)7(17)6(3-16)19-10/h1-2,6-8,10,16-18H,3H2,(H,13,14,20)/t6-,7?,8?,10-/m1/s1. The molecule has 0 aliphatic carbocycles. The van der Waals surface area contributed by atoms with Gasteiger partial charge in [-0.25, -0.2) is 9.37 Å². The highest BCUT2D eigenvalue weighted by Gasteiger charge is 2.43. The number of fused-ring (bicyclic) bond motifs is 1. The average molecular weight is 301 g/mol. The molecule has 4 N–H and O–H groups in total. The van der Waals surface area contributed by atoms with E-state index >= 15 is 0 Å². The van der Waals surface area contributed by atoms with Gasteiger partial charge in [0, 0.05) is 12.4 Å². The SMILES string of the molecule is OC[C@H]1O[C@@H](n2cc3c(F)c[nH]c3nc2=S)C(O)C1O. The summed E-state index contributed by atoms with van der Waals surface area (Å²) >= 11 is 5.07. The summed E-state index contributed by atoms with van der Waals surface area (Å²) in [7, 11) is 0. The number of aromatic amines is 1. The molecule has 1 fully saturated rings. The van der Waals surface area contributed by atoms with Crippen LogP contribution in [0.15, 0.2) is 12.4 Å². The van der Waals surface area contributed by atoms with Crippen LogP contribution >= 0.6 is 12.2 Å². The molecule has 4 atom stereocenters. The average Bonchev–Trinajstić information content (AvgIpc) is 2.92. The van der Waals surface area contributed by atoms with Crippen molar-refractivity contribution in [3.8, 4) is 0 Å². The van der Waals surface area contributed by atoms with Crippen molar-refractivity contribution in [3.05, 3.63) is 23.0 Å². The Labute approximate surface area is 117 Å². The summed E-state index contributed by atoms with van der Waals surface area (Å²) < 4.78 is 20.2. The van der Waals surface area contributed by atoms with E-state index in [2.05, 4.69) is 9.97 Å². The van der Waals surface area contributed by atoms with Crippen LogP contribution in [-0.2, 0) is 4.74 Å². The molecule has 2 aromatic rings. The lowest BCUT2D eigenvalue weighted by molar-refractivity contribution is -0.0538. The molecule has 2 unspecified atom stereocenters. The fourth-order valence-electron chi connectivity index (χ4n) is 2.26. The molecule has 1 saturated heterocycles. The van der Waals surface area contributed by atoms with Crippen LogP contribution in [0.3, 0.4) is 0 Å². The number of hydrogen-bond donors (Lipinski definition) is 4. The lowest BCUT2D eigenvalue weighted by Crippen LogP contribution is -2.33. The van der Waals surface area contributed by atoms with E-state index in [1.165, 1.54) is 10.8 Å². The molecular weight excluding hydrogens is 289 g/mol. The van der Waals surface area contributed by atoms with Gasteiger partial charge in [0.1, 0.15) is 24.0 Å². The van der Waals surface area contributed by atoms with E-state index in [4.69, 9.17) is 22.1 Å². The van der Waals surface area contributed by atoms with Crippen LogP contribution in [0.4, 0.5) is 4.39 Å². The van der Waals surface area contributed by atoms with Gasteiger partial charge in [0.05, 0.1) is 12.0 Å². The number of aliphatic hydroxyl groups excluding tert-OH is 3. The first-order chi connectivity index (χ1) is 9.52. The fraction of sp³-hybridized carbons (Fsp3) is 0.455. The topological polar surface area (TPSA) is 104 Å². The smallest absolute Gasteiger partial charge is 0.203 e. The Morgan fingerprint density at radius 3 is 2.85 bits per heavy atom. The van der Waals surface area contributed by atoms with E-state index < -0.39 is 37.0 Å². The highest BCUT2D eigenvalue weighted by Crippen LogP contribution is 2.30. The number of aromatic nitrogens is 3. The van der Waals surface area contributed by atoms with Gasteiger partial charge in [-0.1, -0.05) is 0 Å². The molecule has 1 aliphatic heterocycles. The number of ether oxygens (including phenoxy) is 1. The molecule has 0 bridgehead atoms. The van der Waals surface area contributed by atoms with Crippen LogP contribution in [0, 0.1) is 10.6 Å². The first kappa shape index (κ1) is 13.6. The minimum Gasteiger partial charge on any atom is -0.394 e. The number of rotatable bonds is 2. The summed E-state index contributed by atoms with van der Waals surface area (Å²) in [4.78, 5) is 6.63. The molecule has 0 aromatic carbocycles. The van der Waals surface area contributed by atoms with Crippen LogP contribution in [0.2, 0.25) is 0 Å². The summed E-state index contributed by atoms with van der Waals surface area (Å²) in [6.07, 6.45) is -1.99. The van der Waals surface area contributed by atoms with Crippen molar-refractivity contribution in [2.24, 2.45) is 0 Å². The Kier molecular flexibility index (Phi) is 3.30. The van der Waals surface area contributed by atoms with E-state index in [-0.39, 0.29) is 15.8 Å². The molecule has 7 nitrogen and oxygen atoms in total. The maximum Gasteiger partial charge on any atom is 0.203 e. The molecule has 108 valence electrons. The van der Waals surface area contributed by atoms with Crippen LogP contribution in [0.5, 0.6) is 0 Å². The quantitative estimate of drug-likeness (QED) is 0.575. The second-order valence-electron chi connectivity index (χ2n) is 4.56. The third-order valence-corrected chi connectivity index (χ3v) is 3.64. The molecule has 0 spiro atoms. The highest BCUT2D eigenvalue weighted by atomic mass is 32.1. The molecule has 0 saturated carbocycles. The van der Waals surface area contributed by atoms with Gasteiger partial charge in [-0.05, 0) is 12.2 Å². The molecule has 2 aromatic heterocycles. The van der Waals surface area contributed by atoms with Crippen LogP contribution in [0.25, 0.3) is 11.0 Å². The van der Waals surface area contributed by atoms with E-state index in [0.29, 0.717) is 0 Å². The molecule has 0 amide bonds. The number of hydrogen-bond acceptors (Lipinski definition) is 6. The zero-order valence-corrected chi connectivity index (χ0v) is 10.9. The number of aliphatic hydroxyl groups is 3. The zero-order valence-electron chi connectivity index (χ0n) is 10.1. The summed E-state index contributed by atoms with van der Waals surface area (Å²) in [5.74, 6) is -0.511. The van der Waals surface area contributed by atoms with Crippen molar-refractivity contribution in [1.29, 1.82) is 0 Å². The number of nitrogens with zero attached hydrogens (tertiary/aromatic N) is 2. The molecule has 3 rings (SSSR count). The van der Waals surface area contributed by atoms with Gasteiger partial charge in [0.2, 0.25) is 4.77 Å².